The van der Waals surface area contributed by atoms with Crippen molar-refractivity contribution < 1.29 is 0 Å². The molecule has 88 valence electrons. The topological polar surface area (TPSA) is 62.7 Å². The zero-order valence-electron chi connectivity index (χ0n) is 10.2. The molecule has 2 rings (SSSR count). The number of rotatable bonds is 3. The minimum absolute atomic E-state index is 0.163. The third-order valence-corrected chi connectivity index (χ3v) is 2.66. The molecule has 2 aromatic rings. The molecular formula is C11H15BN4O. The molecule has 2 radical (unpaired) electrons. The standard InChI is InChI=1S/C11H15BN4O/c1-6(2)11(12)14-7-4-9(17)13-8-5-16(3)15-10(7)8/h4-6,11,14H,1-3H3,(H,13,17). The Morgan fingerprint density at radius 1 is 1.53 bits per heavy atom. The first-order chi connectivity index (χ1) is 7.97. The minimum Gasteiger partial charge on any atom is -0.389 e. The van der Waals surface area contributed by atoms with Gasteiger partial charge in [0.15, 0.2) is 0 Å². The van der Waals surface area contributed by atoms with Crippen LogP contribution in [0.25, 0.3) is 11.0 Å². The zero-order chi connectivity index (χ0) is 12.6. The Morgan fingerprint density at radius 3 is 2.88 bits per heavy atom. The molecule has 0 saturated heterocycles. The third kappa shape index (κ3) is 2.35. The predicted octanol–water partition coefficient (Wildman–Crippen LogP) is 0.824. The van der Waals surface area contributed by atoms with E-state index in [0.29, 0.717) is 11.2 Å². The van der Waals surface area contributed by atoms with Crippen molar-refractivity contribution in [3.8, 4) is 0 Å². The monoisotopic (exact) mass is 230 g/mol. The smallest absolute Gasteiger partial charge is 0.250 e. The van der Waals surface area contributed by atoms with E-state index >= 15 is 0 Å². The molecule has 0 aromatic carbocycles. The highest BCUT2D eigenvalue weighted by atomic mass is 16.1. The van der Waals surface area contributed by atoms with E-state index in [1.165, 1.54) is 6.07 Å². The Hall–Kier alpha value is -1.72. The first-order valence-corrected chi connectivity index (χ1v) is 5.56. The molecule has 0 saturated carbocycles. The number of aryl methyl sites for hydroxylation is 1. The molecule has 2 aromatic heterocycles. The minimum atomic E-state index is -0.206. The molecule has 0 fully saturated rings. The van der Waals surface area contributed by atoms with E-state index in [0.717, 1.165) is 5.52 Å². The largest absolute Gasteiger partial charge is 0.389 e. The molecule has 2 heterocycles. The van der Waals surface area contributed by atoms with Gasteiger partial charge < -0.3 is 10.3 Å². The maximum absolute atomic E-state index is 11.5. The summed E-state index contributed by atoms with van der Waals surface area (Å²) in [4.78, 5) is 14.2. The third-order valence-electron chi connectivity index (χ3n) is 2.66. The molecule has 5 nitrogen and oxygen atoms in total. The fourth-order valence-electron chi connectivity index (χ4n) is 1.60. The van der Waals surface area contributed by atoms with Crippen molar-refractivity contribution >= 4 is 24.6 Å². The summed E-state index contributed by atoms with van der Waals surface area (Å²) < 4.78 is 1.66. The Kier molecular flexibility index (Phi) is 2.96. The lowest BCUT2D eigenvalue weighted by atomic mass is 9.86. The van der Waals surface area contributed by atoms with Crippen LogP contribution in [0.15, 0.2) is 17.1 Å². The van der Waals surface area contributed by atoms with Crippen LogP contribution in [-0.4, -0.2) is 28.6 Å². The van der Waals surface area contributed by atoms with Crippen molar-refractivity contribution in [2.75, 3.05) is 5.32 Å². The molecular weight excluding hydrogens is 215 g/mol. The molecule has 0 aliphatic carbocycles. The van der Waals surface area contributed by atoms with Gasteiger partial charge in [-0.15, -0.1) is 0 Å². The number of H-pyrrole nitrogens is 1. The van der Waals surface area contributed by atoms with E-state index < -0.39 is 0 Å². The molecule has 6 heteroatoms. The van der Waals surface area contributed by atoms with Crippen LogP contribution in [-0.2, 0) is 7.05 Å². The molecule has 1 atom stereocenters. The van der Waals surface area contributed by atoms with Crippen LogP contribution in [0.2, 0.25) is 0 Å². The van der Waals surface area contributed by atoms with E-state index in [1.807, 2.05) is 20.9 Å². The number of anilines is 1. The van der Waals surface area contributed by atoms with Gasteiger partial charge in [-0.05, 0) is 11.9 Å². The summed E-state index contributed by atoms with van der Waals surface area (Å²) in [5.74, 6) is 0.0649. The van der Waals surface area contributed by atoms with Crippen LogP contribution in [0.5, 0.6) is 0 Å². The van der Waals surface area contributed by atoms with Crippen molar-refractivity contribution in [2.24, 2.45) is 13.0 Å². The van der Waals surface area contributed by atoms with Crippen LogP contribution >= 0.6 is 0 Å². The average molecular weight is 230 g/mol. The molecule has 0 amide bonds. The Bertz CT molecular complexity index is 587. The van der Waals surface area contributed by atoms with Gasteiger partial charge in [0.25, 0.3) is 5.56 Å². The fourth-order valence-corrected chi connectivity index (χ4v) is 1.60. The van der Waals surface area contributed by atoms with E-state index in [4.69, 9.17) is 7.85 Å². The lowest BCUT2D eigenvalue weighted by Crippen LogP contribution is -2.26. The number of pyridine rings is 1. The van der Waals surface area contributed by atoms with E-state index in [1.54, 1.807) is 10.9 Å². The number of nitrogens with zero attached hydrogens (tertiary/aromatic N) is 2. The summed E-state index contributed by atoms with van der Waals surface area (Å²) in [5.41, 5.74) is 1.94. The van der Waals surface area contributed by atoms with Gasteiger partial charge in [0.2, 0.25) is 0 Å². The van der Waals surface area contributed by atoms with Crippen LogP contribution in [0.1, 0.15) is 13.8 Å². The van der Waals surface area contributed by atoms with Gasteiger partial charge in [-0.25, -0.2) is 0 Å². The lowest BCUT2D eigenvalue weighted by molar-refractivity contribution is 0.643. The summed E-state index contributed by atoms with van der Waals surface area (Å²) in [6.07, 6.45) is 1.77. The maximum atomic E-state index is 11.5. The number of hydrogen-bond donors (Lipinski definition) is 2. The van der Waals surface area contributed by atoms with E-state index in [-0.39, 0.29) is 17.4 Å². The number of aromatic nitrogens is 3. The van der Waals surface area contributed by atoms with Gasteiger partial charge in [0.1, 0.15) is 5.52 Å². The number of fused-ring (bicyclic) bond motifs is 1. The Labute approximate surface area is 101 Å². The Morgan fingerprint density at radius 2 is 2.24 bits per heavy atom. The Balaban J connectivity index is 2.48. The first-order valence-electron chi connectivity index (χ1n) is 5.56. The SMILES string of the molecule is [B]C(Nc1cc(=O)[nH]c2cn(C)nc12)C(C)C. The predicted molar refractivity (Wildman–Crippen MR) is 69.3 cm³/mol. The fraction of sp³-hybridized carbons (Fsp3) is 0.455. The van der Waals surface area contributed by atoms with Crippen LogP contribution in [0.3, 0.4) is 0 Å². The highest BCUT2D eigenvalue weighted by Crippen LogP contribution is 2.19. The van der Waals surface area contributed by atoms with Gasteiger partial charge in [0.05, 0.1) is 19.1 Å². The summed E-state index contributed by atoms with van der Waals surface area (Å²) >= 11 is 0. The molecule has 0 aliphatic heterocycles. The van der Waals surface area contributed by atoms with Gasteiger partial charge in [0, 0.05) is 19.3 Å². The normalized spacial score (nSPS) is 13.2. The first kappa shape index (κ1) is 11.8. The summed E-state index contributed by atoms with van der Waals surface area (Å²) in [7, 11) is 7.75. The van der Waals surface area contributed by atoms with Gasteiger partial charge in [-0.1, -0.05) is 13.8 Å². The molecule has 1 unspecified atom stereocenters. The highest BCUT2D eigenvalue weighted by Gasteiger charge is 2.11. The van der Waals surface area contributed by atoms with Gasteiger partial charge >= 0.3 is 0 Å². The van der Waals surface area contributed by atoms with Crippen LogP contribution < -0.4 is 10.9 Å². The molecule has 0 bridgehead atoms. The zero-order valence-corrected chi connectivity index (χ0v) is 10.2. The molecule has 0 aliphatic rings. The molecule has 2 N–H and O–H groups in total. The van der Waals surface area contributed by atoms with Crippen molar-refractivity contribution in [1.82, 2.24) is 14.8 Å². The highest BCUT2D eigenvalue weighted by molar-refractivity contribution is 6.13. The molecule has 0 spiro atoms. The van der Waals surface area contributed by atoms with Crippen molar-refractivity contribution in [3.05, 3.63) is 22.6 Å². The maximum Gasteiger partial charge on any atom is 0.250 e. The summed E-state index contributed by atoms with van der Waals surface area (Å²) in [6.45, 7) is 4.03. The van der Waals surface area contributed by atoms with Crippen molar-refractivity contribution in [1.29, 1.82) is 0 Å². The quantitative estimate of drug-likeness (QED) is 0.767. The number of nitrogens with one attached hydrogen (secondary N) is 2. The summed E-state index contributed by atoms with van der Waals surface area (Å²) in [5, 5.41) is 7.42. The number of aromatic amines is 1. The van der Waals surface area contributed by atoms with Crippen LogP contribution in [0.4, 0.5) is 5.69 Å². The van der Waals surface area contributed by atoms with Crippen molar-refractivity contribution in [3.63, 3.8) is 0 Å². The van der Waals surface area contributed by atoms with Crippen LogP contribution in [0, 0.1) is 5.92 Å². The number of hydrogen-bond acceptors (Lipinski definition) is 3. The van der Waals surface area contributed by atoms with E-state index in [9.17, 15) is 4.79 Å². The lowest BCUT2D eigenvalue weighted by Gasteiger charge is -2.19. The molecule has 17 heavy (non-hydrogen) atoms. The van der Waals surface area contributed by atoms with E-state index in [2.05, 4.69) is 15.4 Å². The summed E-state index contributed by atoms with van der Waals surface area (Å²) in [6, 6.07) is 1.48. The van der Waals surface area contributed by atoms with Gasteiger partial charge in [-0.2, -0.15) is 5.10 Å². The second kappa shape index (κ2) is 4.27. The second-order valence-corrected chi connectivity index (χ2v) is 4.53. The second-order valence-electron chi connectivity index (χ2n) is 4.53. The van der Waals surface area contributed by atoms with Gasteiger partial charge in [-0.3, -0.25) is 9.48 Å². The van der Waals surface area contributed by atoms with Crippen molar-refractivity contribution in [2.45, 2.75) is 19.8 Å². The average Bonchev–Trinajstić information content (AvgIpc) is 2.58.